The first-order valence-corrected chi connectivity index (χ1v) is 28.6. The van der Waals surface area contributed by atoms with Crippen molar-refractivity contribution in [3.63, 3.8) is 0 Å². The van der Waals surface area contributed by atoms with Gasteiger partial charge in [-0.25, -0.2) is 9.37 Å². The lowest BCUT2D eigenvalue weighted by Gasteiger charge is -2.38. The number of aryl methyl sites for hydroxylation is 1. The van der Waals surface area contributed by atoms with Gasteiger partial charge in [-0.2, -0.15) is 5.10 Å². The maximum Gasteiger partial charge on any atom is 0.586 e. The molecule has 1 aliphatic carbocycles. The lowest BCUT2D eigenvalue weighted by molar-refractivity contribution is -0.286. The molecule has 3 N–H and O–H groups in total. The highest BCUT2D eigenvalue weighted by molar-refractivity contribution is 6.03. The van der Waals surface area contributed by atoms with Crippen LogP contribution in [0.25, 0.3) is 33.2 Å². The van der Waals surface area contributed by atoms with E-state index in [1.165, 1.54) is 29.1 Å². The molecule has 0 bridgehead atoms. The summed E-state index contributed by atoms with van der Waals surface area (Å²) in [6.07, 6.45) is 1.34. The normalized spacial score (nSPS) is 16.2. The first-order chi connectivity index (χ1) is 40.7. The molecule has 2 aliphatic heterocycles. The Morgan fingerprint density at radius 3 is 2.24 bits per heavy atom. The number of nitrogens with one attached hydrogen (secondary N) is 2. The number of anilines is 1. The predicted molar refractivity (Wildman–Crippen MR) is 311 cm³/mol. The highest BCUT2D eigenvalue weighted by Crippen LogP contribution is 2.52. The summed E-state index contributed by atoms with van der Waals surface area (Å²) in [6.45, 7) is 13.4. The first-order valence-electron chi connectivity index (χ1n) is 28.6. The van der Waals surface area contributed by atoms with Crippen molar-refractivity contribution in [3.8, 4) is 22.8 Å². The van der Waals surface area contributed by atoms with Gasteiger partial charge in [0.1, 0.15) is 17.9 Å². The molecule has 0 unspecified atom stereocenters. The number of carbonyl (C=O) groups is 3. The number of allylic oxidation sites excluding steroid dienone is 1. The number of alkyl halides is 2. The molecule has 22 heteroatoms. The van der Waals surface area contributed by atoms with Crippen LogP contribution >= 0.6 is 0 Å². The SMILES string of the molecule is C=CCn1c(C(C)(C)COCCOCCOCCOCC(=O)NCc2ccc(-c3c4ncn(CC5(O)CCN(C(=O)C[C@H](C)c6ccccc6)CC5)c(=O)c4nn3C)cc2)cc2cc(NC(=O)C3(c4ccc5c(c4)OC(F)(F)O5)CC3)c(F)cc21. The predicted octanol–water partition coefficient (Wildman–Crippen LogP) is 8.28. The van der Waals surface area contributed by atoms with Crippen molar-refractivity contribution in [1.29, 1.82) is 0 Å². The third-order valence-electron chi connectivity index (χ3n) is 16.1. The summed E-state index contributed by atoms with van der Waals surface area (Å²) in [7, 11) is 1.74. The Morgan fingerprint density at radius 2 is 1.54 bits per heavy atom. The number of likely N-dealkylation sites (tertiary alicyclic amines) is 1. The van der Waals surface area contributed by atoms with Crippen molar-refractivity contribution in [2.45, 2.75) is 101 Å². The van der Waals surface area contributed by atoms with Gasteiger partial charge in [0, 0.05) is 67.8 Å². The fourth-order valence-corrected chi connectivity index (χ4v) is 11.2. The Labute approximate surface area is 489 Å². The van der Waals surface area contributed by atoms with Gasteiger partial charge < -0.3 is 53.6 Å². The van der Waals surface area contributed by atoms with E-state index in [2.05, 4.69) is 36.8 Å². The monoisotopic (exact) mass is 1170 g/mol. The van der Waals surface area contributed by atoms with Gasteiger partial charge in [0.2, 0.25) is 17.7 Å². The van der Waals surface area contributed by atoms with Gasteiger partial charge in [-0.15, -0.1) is 15.4 Å². The average molecular weight is 1170 g/mol. The minimum absolute atomic E-state index is 0.00162. The minimum Gasteiger partial charge on any atom is -0.395 e. The molecule has 7 aromatic rings. The van der Waals surface area contributed by atoms with Gasteiger partial charge in [0.25, 0.3) is 5.56 Å². The van der Waals surface area contributed by atoms with E-state index < -0.39 is 34.5 Å². The van der Waals surface area contributed by atoms with Crippen LogP contribution in [0.1, 0.15) is 81.2 Å². The second-order valence-corrected chi connectivity index (χ2v) is 22.8. The highest BCUT2D eigenvalue weighted by atomic mass is 19.3. The molecule has 1 atom stereocenters. The van der Waals surface area contributed by atoms with Gasteiger partial charge in [-0.05, 0) is 72.6 Å². The third kappa shape index (κ3) is 13.8. The van der Waals surface area contributed by atoms with E-state index in [9.17, 15) is 33.1 Å². The lowest BCUT2D eigenvalue weighted by Crippen LogP contribution is -2.49. The van der Waals surface area contributed by atoms with Gasteiger partial charge >= 0.3 is 6.29 Å². The zero-order valence-corrected chi connectivity index (χ0v) is 48.2. The summed E-state index contributed by atoms with van der Waals surface area (Å²) in [6, 6.07) is 26.6. The molecule has 10 rings (SSSR count). The average Bonchev–Trinajstić information content (AvgIpc) is 1.80. The second kappa shape index (κ2) is 25.4. The number of fused-ring (bicyclic) bond motifs is 3. The molecular formula is C63H71F3N8O11. The molecule has 85 heavy (non-hydrogen) atoms. The van der Waals surface area contributed by atoms with Gasteiger partial charge in [0.05, 0.1) is 87.0 Å². The van der Waals surface area contributed by atoms with Crippen LogP contribution in [0.4, 0.5) is 18.9 Å². The Bertz CT molecular complexity index is 3630. The largest absolute Gasteiger partial charge is 0.586 e. The number of aliphatic hydroxyl groups is 1. The Morgan fingerprint density at radius 1 is 0.859 bits per heavy atom. The number of rotatable bonds is 27. The van der Waals surface area contributed by atoms with E-state index in [4.69, 9.17) is 18.9 Å². The van der Waals surface area contributed by atoms with Crippen LogP contribution in [0, 0.1) is 5.82 Å². The number of carbonyl (C=O) groups excluding carboxylic acids is 3. The van der Waals surface area contributed by atoms with Crippen molar-refractivity contribution < 1.29 is 61.1 Å². The molecule has 4 aromatic carbocycles. The Hall–Kier alpha value is -7.89. The summed E-state index contributed by atoms with van der Waals surface area (Å²) in [5.74, 6) is -1.52. The number of hydrogen-bond donors (Lipinski definition) is 3. The fourth-order valence-electron chi connectivity index (χ4n) is 11.2. The number of piperidine rings is 1. The number of benzene rings is 4. The van der Waals surface area contributed by atoms with Crippen molar-refractivity contribution in [2.24, 2.45) is 7.05 Å². The lowest BCUT2D eigenvalue weighted by atomic mass is 9.90. The van der Waals surface area contributed by atoms with Crippen LogP contribution in [0.2, 0.25) is 0 Å². The molecule has 0 spiro atoms. The van der Waals surface area contributed by atoms with Gasteiger partial charge in [0.15, 0.2) is 17.0 Å². The number of amides is 3. The molecule has 2 fully saturated rings. The molecule has 3 amide bonds. The van der Waals surface area contributed by atoms with E-state index in [0.717, 1.165) is 22.4 Å². The first kappa shape index (κ1) is 60.2. The number of halogens is 3. The van der Waals surface area contributed by atoms with E-state index in [1.54, 1.807) is 34.8 Å². The molecule has 1 saturated heterocycles. The van der Waals surface area contributed by atoms with Crippen LogP contribution < -0.4 is 25.7 Å². The number of hydrogen-bond acceptors (Lipinski definition) is 13. The summed E-state index contributed by atoms with van der Waals surface area (Å²) in [4.78, 5) is 59.5. The smallest absolute Gasteiger partial charge is 0.395 e. The standard InChI is InChI=1S/C63H71F3N8O11/c1-6-22-74-49-35-47(64)48(69-59(78)62(18-19-62)46-16-17-50-51(34-46)85-63(65,66)84-50)32-45(49)33-52(74)60(3,4)39-83-30-28-81-26-25-80-27-29-82-37-53(75)67-36-42-12-14-44(15-13-42)57-55-56(70-71(57)5)58(77)73(40-68-55)38-61(79)20-23-72(24-21-61)54(76)31-41(2)43-10-8-7-9-11-43/h6-17,32-35,40-41,79H,1,18-31,36-39H2,2-5H3,(H,67,75)(H,69,78)/t41-/m0/s1. The second-order valence-electron chi connectivity index (χ2n) is 22.8. The number of aromatic nitrogens is 5. The number of nitrogens with zero attached hydrogens (tertiary/aromatic N) is 6. The topological polar surface area (TPSA) is 212 Å². The minimum atomic E-state index is -3.79. The Balaban J connectivity index is 0.600. The molecule has 0 radical (unpaired) electrons. The molecule has 3 aromatic heterocycles. The molecule has 19 nitrogen and oxygen atoms in total. The fraction of sp³-hybridized carbons (Fsp3) is 0.429. The van der Waals surface area contributed by atoms with Crippen LogP contribution in [0.3, 0.4) is 0 Å². The molecule has 450 valence electrons. The van der Waals surface area contributed by atoms with Gasteiger partial charge in [-0.1, -0.05) is 87.5 Å². The van der Waals surface area contributed by atoms with E-state index >= 15 is 4.39 Å². The van der Waals surface area contributed by atoms with Crippen molar-refractivity contribution in [3.05, 3.63) is 149 Å². The van der Waals surface area contributed by atoms with Crippen LogP contribution in [0.5, 0.6) is 11.5 Å². The maximum absolute atomic E-state index is 15.8. The van der Waals surface area contributed by atoms with Crippen molar-refractivity contribution in [1.82, 2.24) is 34.1 Å². The summed E-state index contributed by atoms with van der Waals surface area (Å²) in [5, 5.41) is 22.4. The zero-order valence-electron chi connectivity index (χ0n) is 48.2. The number of ether oxygens (including phenoxy) is 6. The van der Waals surface area contributed by atoms with Crippen molar-refractivity contribution >= 4 is 45.3 Å². The van der Waals surface area contributed by atoms with Crippen LogP contribution in [-0.2, 0) is 70.8 Å². The molecule has 3 aliphatic rings. The van der Waals surface area contributed by atoms with E-state index in [0.29, 0.717) is 112 Å². The van der Waals surface area contributed by atoms with E-state index in [-0.39, 0.29) is 78.9 Å². The summed E-state index contributed by atoms with van der Waals surface area (Å²) < 4.78 is 80.1. The van der Waals surface area contributed by atoms with Crippen molar-refractivity contribution in [2.75, 3.05) is 71.3 Å². The van der Waals surface area contributed by atoms with Crippen LogP contribution in [-0.4, -0.2) is 129 Å². The van der Waals surface area contributed by atoms with Crippen LogP contribution in [0.15, 0.2) is 115 Å². The molecule has 5 heterocycles. The summed E-state index contributed by atoms with van der Waals surface area (Å²) in [5.41, 5.74) is 2.86. The van der Waals surface area contributed by atoms with E-state index in [1.807, 2.05) is 86.0 Å². The maximum atomic E-state index is 15.8. The van der Waals surface area contributed by atoms with Gasteiger partial charge in [-0.3, -0.25) is 28.4 Å². The quantitative estimate of drug-likeness (QED) is 0.0327. The zero-order chi connectivity index (χ0) is 60.1. The Kier molecular flexibility index (Phi) is 18.0. The third-order valence-corrected chi connectivity index (χ3v) is 16.1. The molecule has 1 saturated carbocycles. The highest BCUT2D eigenvalue weighted by Gasteiger charge is 2.53. The molecular weight excluding hydrogens is 1100 g/mol. The summed E-state index contributed by atoms with van der Waals surface area (Å²) >= 11 is 0.